The van der Waals surface area contributed by atoms with Crippen LogP contribution in [-0.2, 0) is 0 Å². The van der Waals surface area contributed by atoms with Gasteiger partial charge in [-0.15, -0.1) is 12.4 Å². The number of rotatable bonds is 4. The van der Waals surface area contributed by atoms with Gasteiger partial charge >= 0.3 is 0 Å². The van der Waals surface area contributed by atoms with Gasteiger partial charge in [-0.25, -0.2) is 0 Å². The topological polar surface area (TPSA) is 58.4 Å². The second-order valence-electron chi connectivity index (χ2n) is 4.87. The van der Waals surface area contributed by atoms with Crippen molar-refractivity contribution >= 4 is 18.3 Å². The molecule has 5 nitrogen and oxygen atoms in total. The fraction of sp³-hybridized carbons (Fsp3) is 0.692. The average Bonchev–Trinajstić information content (AvgIpc) is 2.83. The molecule has 0 unspecified atom stereocenters. The summed E-state index contributed by atoms with van der Waals surface area (Å²) in [4.78, 5) is 14.0. The van der Waals surface area contributed by atoms with E-state index < -0.39 is 0 Å². The van der Waals surface area contributed by atoms with Gasteiger partial charge < -0.3 is 14.7 Å². The van der Waals surface area contributed by atoms with Crippen LogP contribution in [0.25, 0.3) is 0 Å². The molecule has 1 amide bonds. The monoisotopic (exact) mass is 287 g/mol. The molecule has 0 radical (unpaired) electrons. The summed E-state index contributed by atoms with van der Waals surface area (Å²) < 4.78 is 4.94. The van der Waals surface area contributed by atoms with E-state index in [1.165, 1.54) is 0 Å². The minimum absolute atomic E-state index is 0. The number of piperidine rings is 1. The highest BCUT2D eigenvalue weighted by Crippen LogP contribution is 2.18. The fourth-order valence-corrected chi connectivity index (χ4v) is 2.32. The molecular formula is C13H22ClN3O2. The van der Waals surface area contributed by atoms with E-state index in [1.807, 2.05) is 4.90 Å². The second kappa shape index (κ2) is 7.50. The fourth-order valence-electron chi connectivity index (χ4n) is 2.32. The van der Waals surface area contributed by atoms with Gasteiger partial charge in [0.15, 0.2) is 5.69 Å². The number of amides is 1. The molecule has 0 bridgehead atoms. The van der Waals surface area contributed by atoms with Crippen molar-refractivity contribution in [2.24, 2.45) is 5.92 Å². The number of carbonyl (C=O) groups is 1. The number of aromatic nitrogens is 1. The first kappa shape index (κ1) is 16.0. The molecule has 6 heteroatoms. The first-order valence-corrected chi connectivity index (χ1v) is 6.64. The molecule has 19 heavy (non-hydrogen) atoms. The molecule has 0 saturated carbocycles. The molecule has 0 spiro atoms. The third-order valence-electron chi connectivity index (χ3n) is 3.43. The van der Waals surface area contributed by atoms with Gasteiger partial charge in [-0.3, -0.25) is 4.79 Å². The Balaban J connectivity index is 0.00000180. The molecule has 0 aliphatic carbocycles. The SMILES string of the molecule is CCNCC1CCN(C(=O)c2cc(C)on2)CC1.Cl. The maximum Gasteiger partial charge on any atom is 0.276 e. The number of nitrogens with zero attached hydrogens (tertiary/aromatic N) is 2. The first-order chi connectivity index (χ1) is 8.70. The van der Waals surface area contributed by atoms with Gasteiger partial charge in [-0.1, -0.05) is 12.1 Å². The standard InChI is InChI=1S/C13H21N3O2.ClH/c1-3-14-9-11-4-6-16(7-5-11)13(17)12-8-10(2)18-15-12;/h8,11,14H,3-7,9H2,1-2H3;1H. The highest BCUT2D eigenvalue weighted by molar-refractivity contribution is 5.92. The molecule has 2 heterocycles. The number of likely N-dealkylation sites (tertiary alicyclic amines) is 1. The van der Waals surface area contributed by atoms with Crippen molar-refractivity contribution in [1.82, 2.24) is 15.4 Å². The van der Waals surface area contributed by atoms with Crippen LogP contribution in [0.1, 0.15) is 36.0 Å². The second-order valence-corrected chi connectivity index (χ2v) is 4.87. The van der Waals surface area contributed by atoms with E-state index in [4.69, 9.17) is 4.52 Å². The quantitative estimate of drug-likeness (QED) is 0.918. The van der Waals surface area contributed by atoms with Crippen LogP contribution in [0.3, 0.4) is 0 Å². The van der Waals surface area contributed by atoms with Crippen molar-refractivity contribution in [3.05, 3.63) is 17.5 Å². The van der Waals surface area contributed by atoms with Crippen molar-refractivity contribution in [2.75, 3.05) is 26.2 Å². The lowest BCUT2D eigenvalue weighted by atomic mass is 9.96. The van der Waals surface area contributed by atoms with Crippen molar-refractivity contribution in [1.29, 1.82) is 0 Å². The van der Waals surface area contributed by atoms with E-state index in [0.717, 1.165) is 39.0 Å². The van der Waals surface area contributed by atoms with E-state index in [-0.39, 0.29) is 18.3 Å². The lowest BCUT2D eigenvalue weighted by Gasteiger charge is -2.31. The van der Waals surface area contributed by atoms with Gasteiger partial charge in [0, 0.05) is 19.2 Å². The third-order valence-corrected chi connectivity index (χ3v) is 3.43. The molecule has 1 saturated heterocycles. The van der Waals surface area contributed by atoms with Crippen LogP contribution < -0.4 is 5.32 Å². The average molecular weight is 288 g/mol. The van der Waals surface area contributed by atoms with Crippen molar-refractivity contribution in [2.45, 2.75) is 26.7 Å². The lowest BCUT2D eigenvalue weighted by Crippen LogP contribution is -2.40. The van der Waals surface area contributed by atoms with Gasteiger partial charge in [0.2, 0.25) is 0 Å². The maximum atomic E-state index is 12.1. The Morgan fingerprint density at radius 3 is 2.74 bits per heavy atom. The van der Waals surface area contributed by atoms with Crippen LogP contribution in [0.4, 0.5) is 0 Å². The highest BCUT2D eigenvalue weighted by atomic mass is 35.5. The number of nitrogens with one attached hydrogen (secondary N) is 1. The Labute approximate surface area is 120 Å². The smallest absolute Gasteiger partial charge is 0.276 e. The predicted molar refractivity (Wildman–Crippen MR) is 75.7 cm³/mol. The van der Waals surface area contributed by atoms with Crippen molar-refractivity contribution in [3.63, 3.8) is 0 Å². The predicted octanol–water partition coefficient (Wildman–Crippen LogP) is 1.87. The number of aryl methyl sites for hydroxylation is 1. The summed E-state index contributed by atoms with van der Waals surface area (Å²) in [5.74, 6) is 1.36. The number of halogens is 1. The zero-order valence-corrected chi connectivity index (χ0v) is 12.3. The summed E-state index contributed by atoms with van der Waals surface area (Å²) >= 11 is 0. The van der Waals surface area contributed by atoms with Crippen molar-refractivity contribution < 1.29 is 9.32 Å². The molecule has 0 aromatic carbocycles. The van der Waals surface area contributed by atoms with Crippen LogP contribution in [-0.4, -0.2) is 42.1 Å². The van der Waals surface area contributed by atoms with E-state index in [2.05, 4.69) is 17.4 Å². The summed E-state index contributed by atoms with van der Waals surface area (Å²) in [6, 6.07) is 1.70. The Morgan fingerprint density at radius 2 is 2.21 bits per heavy atom. The highest BCUT2D eigenvalue weighted by Gasteiger charge is 2.24. The van der Waals surface area contributed by atoms with Gasteiger partial charge in [0.25, 0.3) is 5.91 Å². The molecule has 1 N–H and O–H groups in total. The van der Waals surface area contributed by atoms with Gasteiger partial charge in [0.05, 0.1) is 0 Å². The van der Waals surface area contributed by atoms with Crippen LogP contribution >= 0.6 is 12.4 Å². The Hall–Kier alpha value is -1.07. The molecule has 1 aromatic heterocycles. The molecule has 1 fully saturated rings. The zero-order valence-electron chi connectivity index (χ0n) is 11.5. The van der Waals surface area contributed by atoms with Crippen LogP contribution in [0, 0.1) is 12.8 Å². The maximum absolute atomic E-state index is 12.1. The number of carbonyl (C=O) groups excluding carboxylic acids is 1. The molecule has 0 atom stereocenters. The number of hydrogen-bond donors (Lipinski definition) is 1. The summed E-state index contributed by atoms with van der Waals surface area (Å²) in [5.41, 5.74) is 0.428. The van der Waals surface area contributed by atoms with E-state index in [1.54, 1.807) is 13.0 Å². The Bertz CT molecular complexity index is 400. The van der Waals surface area contributed by atoms with Crippen LogP contribution in [0.15, 0.2) is 10.6 Å². The minimum atomic E-state index is -0.00579. The molecule has 2 rings (SSSR count). The molecule has 108 valence electrons. The van der Waals surface area contributed by atoms with E-state index in [9.17, 15) is 4.79 Å². The lowest BCUT2D eigenvalue weighted by molar-refractivity contribution is 0.0680. The van der Waals surface area contributed by atoms with Gasteiger partial charge in [0.1, 0.15) is 5.76 Å². The van der Waals surface area contributed by atoms with Crippen LogP contribution in [0.5, 0.6) is 0 Å². The summed E-state index contributed by atoms with van der Waals surface area (Å²) in [6.45, 7) is 7.62. The van der Waals surface area contributed by atoms with E-state index in [0.29, 0.717) is 17.4 Å². The minimum Gasteiger partial charge on any atom is -0.361 e. The molecule has 1 aliphatic rings. The van der Waals surface area contributed by atoms with E-state index >= 15 is 0 Å². The normalized spacial score (nSPS) is 16.2. The molecule has 1 aliphatic heterocycles. The van der Waals surface area contributed by atoms with Gasteiger partial charge in [-0.2, -0.15) is 0 Å². The van der Waals surface area contributed by atoms with Gasteiger partial charge in [-0.05, 0) is 38.8 Å². The summed E-state index contributed by atoms with van der Waals surface area (Å²) in [6.07, 6.45) is 2.13. The molecular weight excluding hydrogens is 266 g/mol. The Kier molecular flexibility index (Phi) is 6.31. The van der Waals surface area contributed by atoms with Crippen LogP contribution in [0.2, 0.25) is 0 Å². The zero-order chi connectivity index (χ0) is 13.0. The summed E-state index contributed by atoms with van der Waals surface area (Å²) in [5, 5.41) is 7.15. The first-order valence-electron chi connectivity index (χ1n) is 6.64. The Morgan fingerprint density at radius 1 is 1.53 bits per heavy atom. The number of hydrogen-bond acceptors (Lipinski definition) is 4. The summed E-state index contributed by atoms with van der Waals surface area (Å²) in [7, 11) is 0. The third kappa shape index (κ3) is 4.21. The molecule has 1 aromatic rings. The largest absolute Gasteiger partial charge is 0.361 e. The van der Waals surface area contributed by atoms with Crippen molar-refractivity contribution in [3.8, 4) is 0 Å².